The van der Waals surface area contributed by atoms with Gasteiger partial charge in [-0.25, -0.2) is 17.5 Å². The molecule has 1 N–H and O–H groups in total. The molecule has 2 aromatic rings. The van der Waals surface area contributed by atoms with E-state index >= 15 is 0 Å². The first kappa shape index (κ1) is 19.1. The van der Waals surface area contributed by atoms with Gasteiger partial charge < -0.3 is 4.90 Å². The lowest BCUT2D eigenvalue weighted by molar-refractivity contribution is -0.129. The Labute approximate surface area is 146 Å². The second-order valence-electron chi connectivity index (χ2n) is 5.48. The second-order valence-corrected chi connectivity index (χ2v) is 7.25. The van der Waals surface area contributed by atoms with Crippen molar-refractivity contribution in [1.82, 2.24) is 19.4 Å². The van der Waals surface area contributed by atoms with Crippen LogP contribution in [0.2, 0.25) is 0 Å². The maximum Gasteiger partial charge on any atom is 0.241 e. The second kappa shape index (κ2) is 8.21. The number of carbonyl (C=O) groups excluding carboxylic acids is 1. The Morgan fingerprint density at radius 2 is 2.16 bits per heavy atom. The van der Waals surface area contributed by atoms with Gasteiger partial charge in [-0.15, -0.1) is 0 Å². The van der Waals surface area contributed by atoms with E-state index in [-0.39, 0.29) is 22.9 Å². The van der Waals surface area contributed by atoms with Crippen LogP contribution in [0, 0.1) is 12.7 Å². The van der Waals surface area contributed by atoms with E-state index < -0.39 is 15.8 Å². The highest BCUT2D eigenvalue weighted by atomic mass is 32.2. The van der Waals surface area contributed by atoms with Gasteiger partial charge in [0.1, 0.15) is 5.82 Å². The molecule has 0 saturated carbocycles. The normalized spacial score (nSPS) is 11.5. The van der Waals surface area contributed by atoms with Crippen LogP contribution < -0.4 is 4.72 Å². The molecule has 25 heavy (non-hydrogen) atoms. The molecule has 2 rings (SSSR count). The molecule has 1 aromatic carbocycles. The number of sulfonamides is 1. The van der Waals surface area contributed by atoms with E-state index in [2.05, 4.69) is 9.82 Å². The van der Waals surface area contributed by atoms with Crippen molar-refractivity contribution in [3.8, 4) is 0 Å². The Balaban J connectivity index is 1.95. The third-order valence-corrected chi connectivity index (χ3v) is 5.14. The van der Waals surface area contributed by atoms with Gasteiger partial charge in [0.25, 0.3) is 0 Å². The number of hydrogen-bond acceptors (Lipinski definition) is 4. The van der Waals surface area contributed by atoms with Gasteiger partial charge in [-0.3, -0.25) is 9.48 Å². The van der Waals surface area contributed by atoms with Crippen LogP contribution in [0.1, 0.15) is 12.5 Å². The molecule has 0 spiro atoms. The van der Waals surface area contributed by atoms with Gasteiger partial charge in [0, 0.05) is 25.5 Å². The number of nitrogens with one attached hydrogen (secondary N) is 1. The SMILES string of the molecule is CCN(CCn1cccn1)C(=O)CNS(=O)(=O)c1ccc(F)c(C)c1. The molecule has 1 heterocycles. The van der Waals surface area contributed by atoms with Crippen molar-refractivity contribution in [2.24, 2.45) is 0 Å². The largest absolute Gasteiger partial charge is 0.340 e. The summed E-state index contributed by atoms with van der Waals surface area (Å²) in [6.07, 6.45) is 3.44. The number of amides is 1. The number of rotatable bonds is 8. The minimum absolute atomic E-state index is 0.0706. The highest BCUT2D eigenvalue weighted by Crippen LogP contribution is 2.13. The summed E-state index contributed by atoms with van der Waals surface area (Å²) in [5.74, 6) is -0.817. The molecule has 1 amide bonds. The van der Waals surface area contributed by atoms with Gasteiger partial charge in [0.2, 0.25) is 15.9 Å². The molecule has 0 bridgehead atoms. The number of aryl methyl sites for hydroxylation is 1. The first-order chi connectivity index (χ1) is 11.8. The van der Waals surface area contributed by atoms with E-state index in [1.807, 2.05) is 6.92 Å². The van der Waals surface area contributed by atoms with Gasteiger partial charge in [0.15, 0.2) is 0 Å². The van der Waals surface area contributed by atoms with E-state index in [1.54, 1.807) is 28.0 Å². The highest BCUT2D eigenvalue weighted by molar-refractivity contribution is 7.89. The summed E-state index contributed by atoms with van der Waals surface area (Å²) in [4.78, 5) is 13.7. The molecule has 0 atom stereocenters. The lowest BCUT2D eigenvalue weighted by Crippen LogP contribution is -2.41. The van der Waals surface area contributed by atoms with E-state index in [0.717, 1.165) is 6.07 Å². The standard InChI is InChI=1S/C16H21FN4O3S/c1-3-20(9-10-21-8-4-7-18-21)16(22)12-19-25(23,24)14-5-6-15(17)13(2)11-14/h4-8,11,19H,3,9-10,12H2,1-2H3. The summed E-state index contributed by atoms with van der Waals surface area (Å²) in [5.41, 5.74) is 0.226. The average Bonchev–Trinajstić information content (AvgIpc) is 3.09. The van der Waals surface area contributed by atoms with Crippen molar-refractivity contribution >= 4 is 15.9 Å². The number of nitrogens with zero attached hydrogens (tertiary/aromatic N) is 3. The Kier molecular flexibility index (Phi) is 6.27. The smallest absolute Gasteiger partial charge is 0.241 e. The molecular weight excluding hydrogens is 347 g/mol. The van der Waals surface area contributed by atoms with E-state index in [9.17, 15) is 17.6 Å². The van der Waals surface area contributed by atoms with Crippen molar-refractivity contribution < 1.29 is 17.6 Å². The topological polar surface area (TPSA) is 84.3 Å². The van der Waals surface area contributed by atoms with Crippen LogP contribution in [0.4, 0.5) is 4.39 Å². The number of carbonyl (C=O) groups is 1. The molecule has 0 radical (unpaired) electrons. The highest BCUT2D eigenvalue weighted by Gasteiger charge is 2.19. The summed E-state index contributed by atoms with van der Waals surface area (Å²) in [5, 5.41) is 4.06. The molecule has 0 aliphatic heterocycles. The molecule has 0 unspecified atom stereocenters. The summed E-state index contributed by atoms with van der Waals surface area (Å²) in [6.45, 7) is 4.35. The van der Waals surface area contributed by atoms with Crippen LogP contribution in [-0.4, -0.2) is 48.6 Å². The quantitative estimate of drug-likeness (QED) is 0.758. The fourth-order valence-electron chi connectivity index (χ4n) is 2.25. The van der Waals surface area contributed by atoms with Gasteiger partial charge in [-0.1, -0.05) is 0 Å². The van der Waals surface area contributed by atoms with Gasteiger partial charge in [-0.2, -0.15) is 5.10 Å². The van der Waals surface area contributed by atoms with Crippen LogP contribution in [0.15, 0.2) is 41.6 Å². The predicted octanol–water partition coefficient (Wildman–Crippen LogP) is 1.16. The summed E-state index contributed by atoms with van der Waals surface area (Å²) >= 11 is 0. The number of likely N-dealkylation sites (N-methyl/N-ethyl adjacent to an activating group) is 1. The van der Waals surface area contributed by atoms with Crippen molar-refractivity contribution in [1.29, 1.82) is 0 Å². The fraction of sp³-hybridized carbons (Fsp3) is 0.375. The van der Waals surface area contributed by atoms with E-state index in [0.29, 0.717) is 19.6 Å². The molecule has 0 fully saturated rings. The molecular formula is C16H21FN4O3S. The minimum atomic E-state index is -3.88. The van der Waals surface area contributed by atoms with Crippen LogP contribution in [0.5, 0.6) is 0 Å². The van der Waals surface area contributed by atoms with E-state index in [4.69, 9.17) is 0 Å². The molecule has 136 valence electrons. The number of aromatic nitrogens is 2. The first-order valence-electron chi connectivity index (χ1n) is 7.84. The molecule has 0 aliphatic carbocycles. The Morgan fingerprint density at radius 1 is 1.40 bits per heavy atom. The molecule has 7 nitrogen and oxygen atoms in total. The van der Waals surface area contributed by atoms with Crippen molar-refractivity contribution in [2.45, 2.75) is 25.3 Å². The van der Waals surface area contributed by atoms with Crippen LogP contribution in [-0.2, 0) is 21.4 Å². The molecule has 1 aromatic heterocycles. The summed E-state index contributed by atoms with van der Waals surface area (Å²) in [7, 11) is -3.88. The molecule has 9 heteroatoms. The zero-order valence-electron chi connectivity index (χ0n) is 14.1. The Hall–Kier alpha value is -2.26. The zero-order chi connectivity index (χ0) is 18.4. The fourth-order valence-corrected chi connectivity index (χ4v) is 3.31. The number of halogens is 1. The van der Waals surface area contributed by atoms with Gasteiger partial charge >= 0.3 is 0 Å². The van der Waals surface area contributed by atoms with Gasteiger partial charge in [-0.05, 0) is 43.7 Å². The predicted molar refractivity (Wildman–Crippen MR) is 90.8 cm³/mol. The Morgan fingerprint density at radius 3 is 2.76 bits per heavy atom. The van der Waals surface area contributed by atoms with Crippen LogP contribution in [0.25, 0.3) is 0 Å². The van der Waals surface area contributed by atoms with Crippen molar-refractivity contribution in [3.63, 3.8) is 0 Å². The van der Waals surface area contributed by atoms with Crippen molar-refractivity contribution in [2.75, 3.05) is 19.6 Å². The van der Waals surface area contributed by atoms with E-state index in [1.165, 1.54) is 19.1 Å². The monoisotopic (exact) mass is 368 g/mol. The maximum atomic E-state index is 13.3. The Bertz CT molecular complexity index is 822. The lowest BCUT2D eigenvalue weighted by Gasteiger charge is -2.21. The third-order valence-electron chi connectivity index (χ3n) is 3.75. The first-order valence-corrected chi connectivity index (χ1v) is 9.33. The van der Waals surface area contributed by atoms with Crippen LogP contribution in [0.3, 0.4) is 0 Å². The molecule has 0 saturated heterocycles. The van der Waals surface area contributed by atoms with Gasteiger partial charge in [0.05, 0.1) is 18.0 Å². The third kappa shape index (κ3) is 5.10. The maximum absolute atomic E-state index is 13.3. The number of hydrogen-bond donors (Lipinski definition) is 1. The average molecular weight is 368 g/mol. The number of benzene rings is 1. The zero-order valence-corrected chi connectivity index (χ0v) is 15.0. The van der Waals surface area contributed by atoms with Crippen LogP contribution >= 0.6 is 0 Å². The molecule has 0 aliphatic rings. The van der Waals surface area contributed by atoms with Crippen molar-refractivity contribution in [3.05, 3.63) is 48.0 Å². The minimum Gasteiger partial charge on any atom is -0.340 e. The summed E-state index contributed by atoms with van der Waals surface area (Å²) in [6, 6.07) is 5.28. The lowest BCUT2D eigenvalue weighted by atomic mass is 10.2. The summed E-state index contributed by atoms with van der Waals surface area (Å²) < 4.78 is 41.7.